The molecule has 1 N–H and O–H groups in total. The molecule has 1 heterocycles. The zero-order valence-electron chi connectivity index (χ0n) is 12.3. The number of nitrogens with one attached hydrogen (secondary N) is 1. The molecule has 1 amide bonds. The highest BCUT2D eigenvalue weighted by Crippen LogP contribution is 2.32. The van der Waals surface area contributed by atoms with Gasteiger partial charge in [0, 0.05) is 12.0 Å². The topological polar surface area (TPSA) is 42.0 Å². The fourth-order valence-electron chi connectivity index (χ4n) is 2.34. The van der Waals surface area contributed by atoms with E-state index in [1.807, 2.05) is 31.2 Å². The van der Waals surface area contributed by atoms with Crippen LogP contribution in [0.15, 0.2) is 36.4 Å². The monoisotopic (exact) mass is 314 g/mol. The fourth-order valence-corrected chi connectivity index (χ4v) is 3.20. The SMILES string of the molecule is CCC(=O)Nc1nc2cc(-c3c(C)cccc3F)ccc2s1. The smallest absolute Gasteiger partial charge is 0.225 e. The van der Waals surface area contributed by atoms with E-state index in [4.69, 9.17) is 0 Å². The molecule has 0 aliphatic carbocycles. The zero-order chi connectivity index (χ0) is 15.7. The van der Waals surface area contributed by atoms with Gasteiger partial charge in [0.2, 0.25) is 5.91 Å². The number of carbonyl (C=O) groups excluding carboxylic acids is 1. The summed E-state index contributed by atoms with van der Waals surface area (Å²) in [6, 6.07) is 10.7. The number of hydrogen-bond acceptors (Lipinski definition) is 3. The molecule has 0 spiro atoms. The van der Waals surface area contributed by atoms with Crippen LogP contribution in [0.5, 0.6) is 0 Å². The summed E-state index contributed by atoms with van der Waals surface area (Å²) in [5.41, 5.74) is 3.03. The standard InChI is InChI=1S/C17H15FN2OS/c1-3-15(21)20-17-19-13-9-11(7-8-14(13)22-17)16-10(2)5-4-6-12(16)18/h4-9H,3H2,1-2H3,(H,19,20,21). The van der Waals surface area contributed by atoms with Crippen molar-refractivity contribution < 1.29 is 9.18 Å². The second kappa shape index (κ2) is 5.85. The average Bonchev–Trinajstić information content (AvgIpc) is 2.88. The predicted octanol–water partition coefficient (Wildman–Crippen LogP) is 4.76. The van der Waals surface area contributed by atoms with E-state index >= 15 is 0 Å². The number of nitrogens with zero attached hydrogens (tertiary/aromatic N) is 1. The van der Waals surface area contributed by atoms with E-state index in [0.29, 0.717) is 17.1 Å². The van der Waals surface area contributed by atoms with Gasteiger partial charge in [-0.05, 0) is 36.2 Å². The van der Waals surface area contributed by atoms with Crippen LogP contribution in [-0.2, 0) is 4.79 Å². The van der Waals surface area contributed by atoms with Crippen molar-refractivity contribution in [3.63, 3.8) is 0 Å². The van der Waals surface area contributed by atoms with Crippen LogP contribution in [0.1, 0.15) is 18.9 Å². The number of rotatable bonds is 3. The lowest BCUT2D eigenvalue weighted by molar-refractivity contribution is -0.115. The Morgan fingerprint density at radius 3 is 2.86 bits per heavy atom. The summed E-state index contributed by atoms with van der Waals surface area (Å²) in [6.45, 7) is 3.68. The van der Waals surface area contributed by atoms with Gasteiger partial charge in [0.1, 0.15) is 5.82 Å². The Morgan fingerprint density at radius 1 is 1.32 bits per heavy atom. The predicted molar refractivity (Wildman–Crippen MR) is 88.7 cm³/mol. The molecule has 3 nitrogen and oxygen atoms in total. The van der Waals surface area contributed by atoms with Crippen LogP contribution >= 0.6 is 11.3 Å². The number of amides is 1. The van der Waals surface area contributed by atoms with E-state index in [-0.39, 0.29) is 11.7 Å². The van der Waals surface area contributed by atoms with Crippen molar-refractivity contribution >= 4 is 32.6 Å². The lowest BCUT2D eigenvalue weighted by atomic mass is 10.00. The first kappa shape index (κ1) is 14.7. The van der Waals surface area contributed by atoms with Gasteiger partial charge < -0.3 is 5.32 Å². The summed E-state index contributed by atoms with van der Waals surface area (Å²) in [7, 11) is 0. The van der Waals surface area contributed by atoms with Gasteiger partial charge in [0.15, 0.2) is 5.13 Å². The maximum absolute atomic E-state index is 14.1. The Morgan fingerprint density at radius 2 is 2.14 bits per heavy atom. The number of aryl methyl sites for hydroxylation is 1. The quantitative estimate of drug-likeness (QED) is 0.757. The van der Waals surface area contributed by atoms with Crippen molar-refractivity contribution in [1.82, 2.24) is 4.98 Å². The highest BCUT2D eigenvalue weighted by Gasteiger charge is 2.11. The number of thiazole rings is 1. The molecular formula is C17H15FN2OS. The van der Waals surface area contributed by atoms with Gasteiger partial charge in [-0.25, -0.2) is 9.37 Å². The summed E-state index contributed by atoms with van der Waals surface area (Å²) >= 11 is 1.42. The largest absolute Gasteiger partial charge is 0.302 e. The number of benzene rings is 2. The van der Waals surface area contributed by atoms with Crippen molar-refractivity contribution in [1.29, 1.82) is 0 Å². The van der Waals surface area contributed by atoms with Gasteiger partial charge in [0.05, 0.1) is 10.2 Å². The zero-order valence-corrected chi connectivity index (χ0v) is 13.1. The summed E-state index contributed by atoms with van der Waals surface area (Å²) in [6.07, 6.45) is 0.412. The van der Waals surface area contributed by atoms with E-state index in [0.717, 1.165) is 21.3 Å². The third kappa shape index (κ3) is 2.72. The van der Waals surface area contributed by atoms with E-state index in [2.05, 4.69) is 10.3 Å². The van der Waals surface area contributed by atoms with E-state index in [1.165, 1.54) is 17.4 Å². The molecule has 0 aliphatic heterocycles. The normalized spacial score (nSPS) is 10.9. The highest BCUT2D eigenvalue weighted by atomic mass is 32.1. The van der Waals surface area contributed by atoms with E-state index in [9.17, 15) is 9.18 Å². The van der Waals surface area contributed by atoms with Gasteiger partial charge >= 0.3 is 0 Å². The van der Waals surface area contributed by atoms with Crippen molar-refractivity contribution in [3.05, 3.63) is 47.8 Å². The fraction of sp³-hybridized carbons (Fsp3) is 0.176. The number of fused-ring (bicyclic) bond motifs is 1. The number of carbonyl (C=O) groups is 1. The summed E-state index contributed by atoms with van der Waals surface area (Å²) in [4.78, 5) is 15.9. The number of aromatic nitrogens is 1. The second-order valence-corrected chi connectivity index (χ2v) is 6.07. The minimum absolute atomic E-state index is 0.0655. The molecule has 3 rings (SSSR count). The van der Waals surface area contributed by atoms with Crippen molar-refractivity contribution in [2.24, 2.45) is 0 Å². The molecule has 0 atom stereocenters. The Bertz CT molecular complexity index is 837. The van der Waals surface area contributed by atoms with Crippen LogP contribution in [0, 0.1) is 12.7 Å². The summed E-state index contributed by atoms with van der Waals surface area (Å²) in [5.74, 6) is -0.307. The van der Waals surface area contributed by atoms with Crippen LogP contribution in [-0.4, -0.2) is 10.9 Å². The van der Waals surface area contributed by atoms with Crippen molar-refractivity contribution in [2.45, 2.75) is 20.3 Å². The molecular weight excluding hydrogens is 299 g/mol. The molecule has 0 aliphatic rings. The Labute approximate surface area is 131 Å². The lowest BCUT2D eigenvalue weighted by Crippen LogP contribution is -2.08. The van der Waals surface area contributed by atoms with Crippen LogP contribution in [0.3, 0.4) is 0 Å². The number of halogens is 1. The van der Waals surface area contributed by atoms with Crippen LogP contribution < -0.4 is 5.32 Å². The Balaban J connectivity index is 2.05. The van der Waals surface area contributed by atoms with Crippen LogP contribution in [0.4, 0.5) is 9.52 Å². The third-order valence-electron chi connectivity index (χ3n) is 3.47. The number of hydrogen-bond donors (Lipinski definition) is 1. The van der Waals surface area contributed by atoms with Gasteiger partial charge in [0.25, 0.3) is 0 Å². The Kier molecular flexibility index (Phi) is 3.90. The van der Waals surface area contributed by atoms with Crippen molar-refractivity contribution in [2.75, 3.05) is 5.32 Å². The first-order chi connectivity index (χ1) is 10.6. The molecule has 22 heavy (non-hydrogen) atoms. The molecule has 0 saturated heterocycles. The molecule has 0 radical (unpaired) electrons. The molecule has 0 saturated carbocycles. The average molecular weight is 314 g/mol. The minimum Gasteiger partial charge on any atom is -0.302 e. The van der Waals surface area contributed by atoms with Crippen LogP contribution in [0.25, 0.3) is 21.3 Å². The van der Waals surface area contributed by atoms with Gasteiger partial charge in [-0.3, -0.25) is 4.79 Å². The van der Waals surface area contributed by atoms with Crippen LogP contribution in [0.2, 0.25) is 0 Å². The molecule has 1 aromatic heterocycles. The second-order valence-electron chi connectivity index (χ2n) is 5.03. The van der Waals surface area contributed by atoms with E-state index in [1.54, 1.807) is 13.0 Å². The summed E-state index contributed by atoms with van der Waals surface area (Å²) in [5, 5.41) is 3.33. The lowest BCUT2D eigenvalue weighted by Gasteiger charge is -2.07. The van der Waals surface area contributed by atoms with Gasteiger partial charge in [-0.2, -0.15) is 0 Å². The minimum atomic E-state index is -0.242. The molecule has 3 aromatic rings. The molecule has 5 heteroatoms. The molecule has 0 bridgehead atoms. The first-order valence-electron chi connectivity index (χ1n) is 7.04. The van der Waals surface area contributed by atoms with Gasteiger partial charge in [-0.15, -0.1) is 0 Å². The molecule has 0 fully saturated rings. The van der Waals surface area contributed by atoms with Crippen molar-refractivity contribution in [3.8, 4) is 11.1 Å². The molecule has 0 unspecified atom stereocenters. The Hall–Kier alpha value is -2.27. The third-order valence-corrected chi connectivity index (χ3v) is 4.42. The maximum atomic E-state index is 14.1. The molecule has 2 aromatic carbocycles. The van der Waals surface area contributed by atoms with Gasteiger partial charge in [-0.1, -0.05) is 36.5 Å². The summed E-state index contributed by atoms with van der Waals surface area (Å²) < 4.78 is 15.0. The highest BCUT2D eigenvalue weighted by molar-refractivity contribution is 7.22. The maximum Gasteiger partial charge on any atom is 0.225 e. The molecule has 112 valence electrons. The number of anilines is 1. The van der Waals surface area contributed by atoms with E-state index < -0.39 is 0 Å². The first-order valence-corrected chi connectivity index (χ1v) is 7.86.